The number of nitrogens with zero attached hydrogens (tertiary/aromatic N) is 2. The van der Waals surface area contributed by atoms with Crippen molar-refractivity contribution in [3.05, 3.63) is 94.4 Å². The van der Waals surface area contributed by atoms with Crippen LogP contribution in [-0.2, 0) is 13.4 Å². The van der Waals surface area contributed by atoms with Crippen molar-refractivity contribution in [3.63, 3.8) is 0 Å². The van der Waals surface area contributed by atoms with Gasteiger partial charge in [-0.05, 0) is 60.0 Å². The van der Waals surface area contributed by atoms with E-state index in [9.17, 15) is 1.37 Å². The first-order chi connectivity index (χ1) is 19.5. The number of rotatable bonds is 3. The standard InChI is InChI=1S/C33H33N2O/c1-20-16-27(23-12-10-9-11-13-23)31-26-15-14-25(34-7)18-29(26)36-32(31)30(20)28-17-24(19-33(4,5)6)21(2)22(3)35(28)8/h9-18H,19H2,1-6,8H3/q+1/i2D3,17D,19D2. The van der Waals surface area contributed by atoms with Crippen molar-refractivity contribution in [2.45, 2.75) is 47.8 Å². The zero-order valence-electron chi connectivity index (χ0n) is 27.5. The SMILES string of the molecule is [2H]c1c(C([2H])([2H])C(C)(C)C)c(C([2H])([2H])[2H])c(C)[n+](C)c1-c1c(C)cc(-c2ccccc2)c2c1oc1cc([N+]#[C-])ccc12. The number of aromatic nitrogens is 1. The van der Waals surface area contributed by atoms with Crippen LogP contribution < -0.4 is 4.57 Å². The zero-order chi connectivity index (χ0) is 30.9. The van der Waals surface area contributed by atoms with E-state index in [4.69, 9.17) is 17.8 Å². The van der Waals surface area contributed by atoms with Gasteiger partial charge in [0.05, 0.1) is 13.5 Å². The third kappa shape index (κ3) is 3.97. The smallest absolute Gasteiger partial charge is 0.216 e. The summed E-state index contributed by atoms with van der Waals surface area (Å²) in [5, 5.41) is 1.62. The molecule has 3 heteroatoms. The van der Waals surface area contributed by atoms with Crippen molar-refractivity contribution in [2.75, 3.05) is 0 Å². The average molecular weight is 480 g/mol. The maximum absolute atomic E-state index is 9.47. The van der Waals surface area contributed by atoms with E-state index in [1.54, 1.807) is 51.4 Å². The molecule has 2 heterocycles. The number of hydrogen-bond donors (Lipinski definition) is 0. The van der Waals surface area contributed by atoms with Crippen LogP contribution >= 0.6 is 0 Å². The van der Waals surface area contributed by atoms with Crippen molar-refractivity contribution in [1.29, 1.82) is 0 Å². The summed E-state index contributed by atoms with van der Waals surface area (Å²) in [6.45, 7) is 13.6. The van der Waals surface area contributed by atoms with Crippen LogP contribution in [0.25, 0.3) is 49.2 Å². The minimum absolute atomic E-state index is 0.133. The molecular weight excluding hydrogens is 440 g/mol. The summed E-state index contributed by atoms with van der Waals surface area (Å²) >= 11 is 0. The van der Waals surface area contributed by atoms with Crippen LogP contribution in [0.1, 0.15) is 51.4 Å². The number of pyridine rings is 1. The molecule has 0 bridgehead atoms. The summed E-state index contributed by atoms with van der Waals surface area (Å²) in [7, 11) is 1.71. The fourth-order valence-electron chi connectivity index (χ4n) is 4.76. The van der Waals surface area contributed by atoms with Gasteiger partial charge in [0.1, 0.15) is 18.2 Å². The molecule has 0 aliphatic carbocycles. The van der Waals surface area contributed by atoms with Crippen molar-refractivity contribution < 1.29 is 17.2 Å². The van der Waals surface area contributed by atoms with Gasteiger partial charge in [-0.25, -0.2) is 4.85 Å². The van der Waals surface area contributed by atoms with Crippen LogP contribution in [0, 0.1) is 32.7 Å². The first-order valence-corrected chi connectivity index (χ1v) is 12.0. The Hall–Kier alpha value is -3.90. The molecule has 0 N–H and O–H groups in total. The highest BCUT2D eigenvalue weighted by atomic mass is 16.3. The Morgan fingerprint density at radius 2 is 1.86 bits per heavy atom. The molecule has 5 aromatic rings. The van der Waals surface area contributed by atoms with Gasteiger partial charge in [0.15, 0.2) is 11.4 Å². The van der Waals surface area contributed by atoms with Gasteiger partial charge in [0, 0.05) is 36.2 Å². The van der Waals surface area contributed by atoms with E-state index in [2.05, 4.69) is 4.85 Å². The van der Waals surface area contributed by atoms with Gasteiger partial charge in [-0.15, -0.1) is 0 Å². The summed E-state index contributed by atoms with van der Waals surface area (Å²) in [6, 6.07) is 17.1. The maximum Gasteiger partial charge on any atom is 0.216 e. The van der Waals surface area contributed by atoms with Gasteiger partial charge in [-0.1, -0.05) is 63.2 Å². The quantitative estimate of drug-likeness (QED) is 0.187. The lowest BCUT2D eigenvalue weighted by atomic mass is 9.85. The van der Waals surface area contributed by atoms with Crippen molar-refractivity contribution in [2.24, 2.45) is 12.5 Å². The molecule has 2 aromatic heterocycles. The summed E-state index contributed by atoms with van der Waals surface area (Å²) in [5.41, 5.74) is 4.20. The van der Waals surface area contributed by atoms with E-state index in [0.29, 0.717) is 33.8 Å². The lowest BCUT2D eigenvalue weighted by Crippen LogP contribution is -2.36. The minimum atomic E-state index is -2.64. The number of fused-ring (bicyclic) bond motifs is 3. The fraction of sp³-hybridized carbons (Fsp3) is 0.273. The third-order valence-electron chi connectivity index (χ3n) is 6.57. The minimum Gasteiger partial charge on any atom is -0.456 e. The van der Waals surface area contributed by atoms with E-state index in [1.165, 1.54) is 0 Å². The predicted molar refractivity (Wildman–Crippen MR) is 149 cm³/mol. The second-order valence-electron chi connectivity index (χ2n) is 10.3. The van der Waals surface area contributed by atoms with Crippen molar-refractivity contribution in [3.8, 4) is 22.4 Å². The molecule has 0 fully saturated rings. The van der Waals surface area contributed by atoms with Gasteiger partial charge >= 0.3 is 0 Å². The van der Waals surface area contributed by atoms with Crippen molar-refractivity contribution in [1.82, 2.24) is 0 Å². The Balaban J connectivity index is 2.02. The highest BCUT2D eigenvalue weighted by Gasteiger charge is 2.27. The summed E-state index contributed by atoms with van der Waals surface area (Å²) in [4.78, 5) is 3.56. The monoisotopic (exact) mass is 479 g/mol. The number of aryl methyl sites for hydroxylation is 1. The Morgan fingerprint density at radius 1 is 1.11 bits per heavy atom. The van der Waals surface area contributed by atoms with Gasteiger partial charge in [0.25, 0.3) is 0 Å². The molecule has 0 aliphatic heterocycles. The van der Waals surface area contributed by atoms with E-state index in [0.717, 1.165) is 27.5 Å². The number of hydrogen-bond acceptors (Lipinski definition) is 1. The Bertz CT molecular complexity index is 1920. The third-order valence-corrected chi connectivity index (χ3v) is 6.57. The second kappa shape index (κ2) is 8.64. The maximum atomic E-state index is 9.47. The van der Waals surface area contributed by atoms with Crippen LogP contribution in [0.2, 0.25) is 0 Å². The van der Waals surface area contributed by atoms with Crippen LogP contribution in [0.4, 0.5) is 5.69 Å². The van der Waals surface area contributed by atoms with Gasteiger partial charge in [-0.2, -0.15) is 4.57 Å². The predicted octanol–water partition coefficient (Wildman–Crippen LogP) is 8.81. The van der Waals surface area contributed by atoms with Crippen LogP contribution in [0.3, 0.4) is 0 Å². The molecule has 3 aromatic carbocycles. The molecule has 0 amide bonds. The largest absolute Gasteiger partial charge is 0.456 e. The highest BCUT2D eigenvalue weighted by Crippen LogP contribution is 2.44. The molecule has 3 nitrogen and oxygen atoms in total. The lowest BCUT2D eigenvalue weighted by Gasteiger charge is -2.21. The summed E-state index contributed by atoms with van der Waals surface area (Å²) < 4.78 is 61.0. The molecule has 0 saturated heterocycles. The molecular formula is C33H33N2O+. The van der Waals surface area contributed by atoms with Crippen LogP contribution in [0.15, 0.2) is 65.1 Å². The summed E-state index contributed by atoms with van der Waals surface area (Å²) in [5.74, 6) is 0. The van der Waals surface area contributed by atoms with E-state index in [-0.39, 0.29) is 17.2 Å². The van der Waals surface area contributed by atoms with Gasteiger partial charge in [0.2, 0.25) is 5.69 Å². The molecule has 0 unspecified atom stereocenters. The van der Waals surface area contributed by atoms with Crippen LogP contribution in [0.5, 0.6) is 0 Å². The molecule has 0 aliphatic rings. The fourth-order valence-corrected chi connectivity index (χ4v) is 4.76. The van der Waals surface area contributed by atoms with Crippen LogP contribution in [-0.4, -0.2) is 0 Å². The molecule has 0 atom stereocenters. The Kier molecular flexibility index (Phi) is 4.21. The Morgan fingerprint density at radius 3 is 2.53 bits per heavy atom. The molecule has 5 rings (SSSR count). The lowest BCUT2D eigenvalue weighted by molar-refractivity contribution is -0.667. The number of benzene rings is 3. The molecule has 180 valence electrons. The van der Waals surface area contributed by atoms with E-state index >= 15 is 0 Å². The zero-order valence-corrected chi connectivity index (χ0v) is 21.5. The number of furan rings is 1. The molecule has 0 spiro atoms. The Labute approximate surface area is 222 Å². The first-order valence-electron chi connectivity index (χ1n) is 15.0. The molecule has 36 heavy (non-hydrogen) atoms. The normalized spacial score (nSPS) is 15.0. The van der Waals surface area contributed by atoms with Gasteiger partial charge in [-0.3, -0.25) is 0 Å². The van der Waals surface area contributed by atoms with Gasteiger partial charge < -0.3 is 4.42 Å². The van der Waals surface area contributed by atoms with E-state index < -0.39 is 18.6 Å². The van der Waals surface area contributed by atoms with Crippen molar-refractivity contribution >= 4 is 27.6 Å². The molecule has 0 saturated carbocycles. The van der Waals surface area contributed by atoms with E-state index in [1.807, 2.05) is 49.4 Å². The second-order valence-corrected chi connectivity index (χ2v) is 10.3. The highest BCUT2D eigenvalue weighted by molar-refractivity contribution is 6.17. The molecule has 0 radical (unpaired) electrons. The first kappa shape index (κ1) is 17.5. The summed E-state index contributed by atoms with van der Waals surface area (Å²) in [6.07, 6.45) is -2.14. The average Bonchev–Trinajstić information content (AvgIpc) is 3.28. The topological polar surface area (TPSA) is 21.4 Å².